The number of nitrogens with zero attached hydrogens (tertiary/aromatic N) is 1. The highest BCUT2D eigenvalue weighted by Crippen LogP contribution is 2.17. The number of carbonyl (C=O) groups is 2. The van der Waals surface area contributed by atoms with Crippen LogP contribution in [0.4, 0.5) is 0 Å². The third kappa shape index (κ3) is 7.18. The van der Waals surface area contributed by atoms with Gasteiger partial charge in [0, 0.05) is 11.6 Å². The van der Waals surface area contributed by atoms with Gasteiger partial charge in [0.25, 0.3) is 0 Å². The van der Waals surface area contributed by atoms with Crippen molar-refractivity contribution in [3.8, 4) is 0 Å². The van der Waals surface area contributed by atoms with Gasteiger partial charge >= 0.3 is 0 Å². The summed E-state index contributed by atoms with van der Waals surface area (Å²) >= 11 is 6.22. The summed E-state index contributed by atoms with van der Waals surface area (Å²) in [6.07, 6.45) is 1.49. The zero-order chi connectivity index (χ0) is 23.8. The molecule has 0 bridgehead atoms. The molecule has 0 fully saturated rings. The molecule has 2 aromatic carbocycles. The van der Waals surface area contributed by atoms with Crippen molar-refractivity contribution in [2.75, 3.05) is 13.1 Å². The molecule has 2 N–H and O–H groups in total. The molecule has 0 aliphatic carbocycles. The third-order valence-corrected chi connectivity index (χ3v) is 6.58. The van der Waals surface area contributed by atoms with Gasteiger partial charge in [0.1, 0.15) is 5.76 Å². The highest BCUT2D eigenvalue weighted by molar-refractivity contribution is 7.89. The molecule has 10 heteroatoms. The molecule has 0 aliphatic rings. The Morgan fingerprint density at radius 2 is 1.76 bits per heavy atom. The van der Waals surface area contributed by atoms with Crippen molar-refractivity contribution < 1.29 is 22.4 Å². The minimum Gasteiger partial charge on any atom is -0.467 e. The van der Waals surface area contributed by atoms with Gasteiger partial charge in [-0.3, -0.25) is 9.59 Å². The Hall–Kier alpha value is -3.14. The van der Waals surface area contributed by atoms with Gasteiger partial charge in [-0.25, -0.2) is 13.1 Å². The van der Waals surface area contributed by atoms with E-state index in [1.807, 2.05) is 6.92 Å². The van der Waals surface area contributed by atoms with Gasteiger partial charge in [-0.15, -0.1) is 0 Å². The van der Waals surface area contributed by atoms with E-state index in [1.54, 1.807) is 48.5 Å². The number of hydrogen-bond acceptors (Lipinski definition) is 5. The molecule has 0 radical (unpaired) electrons. The van der Waals surface area contributed by atoms with Crippen molar-refractivity contribution in [2.45, 2.75) is 24.9 Å². The number of sulfonamides is 1. The van der Waals surface area contributed by atoms with Crippen molar-refractivity contribution in [1.82, 2.24) is 14.9 Å². The van der Waals surface area contributed by atoms with E-state index in [1.165, 1.54) is 23.3 Å². The molecule has 8 nitrogen and oxygen atoms in total. The number of amides is 2. The number of furan rings is 1. The second-order valence-corrected chi connectivity index (χ2v) is 9.51. The first kappa shape index (κ1) is 24.5. The fourth-order valence-electron chi connectivity index (χ4n) is 2.96. The fourth-order valence-corrected chi connectivity index (χ4v) is 4.13. The lowest BCUT2D eigenvalue weighted by Crippen LogP contribution is -2.44. The van der Waals surface area contributed by atoms with Crippen LogP contribution in [0.15, 0.2) is 76.2 Å². The van der Waals surface area contributed by atoms with E-state index in [0.717, 1.165) is 5.56 Å². The lowest BCUT2D eigenvalue weighted by Gasteiger charge is -2.23. The maximum atomic E-state index is 12.9. The summed E-state index contributed by atoms with van der Waals surface area (Å²) in [4.78, 5) is 26.7. The zero-order valence-electron chi connectivity index (χ0n) is 18.0. The lowest BCUT2D eigenvalue weighted by molar-refractivity contribution is -0.135. The zero-order valence-corrected chi connectivity index (χ0v) is 19.5. The number of hydrogen-bond donors (Lipinski definition) is 2. The van der Waals surface area contributed by atoms with E-state index < -0.39 is 28.4 Å². The number of aryl methyl sites for hydroxylation is 1. The van der Waals surface area contributed by atoms with Crippen LogP contribution in [0.2, 0.25) is 5.02 Å². The first-order chi connectivity index (χ1) is 15.7. The molecule has 174 valence electrons. The molecular formula is C23H24ClN3O5S. The minimum atomic E-state index is -3.89. The van der Waals surface area contributed by atoms with Crippen LogP contribution in [0.5, 0.6) is 0 Å². The topological polar surface area (TPSA) is 109 Å². The predicted octanol–water partition coefficient (Wildman–Crippen LogP) is 2.86. The molecule has 1 heterocycles. The number of halogens is 1. The highest BCUT2D eigenvalue weighted by atomic mass is 35.5. The van der Waals surface area contributed by atoms with Crippen LogP contribution in [-0.2, 0) is 32.7 Å². The maximum Gasteiger partial charge on any atom is 0.241 e. The minimum absolute atomic E-state index is 0.0406. The van der Waals surface area contributed by atoms with Crippen LogP contribution in [0.3, 0.4) is 0 Å². The van der Waals surface area contributed by atoms with Crippen molar-refractivity contribution >= 4 is 33.4 Å². The normalized spacial score (nSPS) is 11.2. The van der Waals surface area contributed by atoms with Gasteiger partial charge in [0.2, 0.25) is 21.8 Å². The molecule has 1 aromatic heterocycles. The maximum absolute atomic E-state index is 12.9. The van der Waals surface area contributed by atoms with Crippen molar-refractivity contribution in [1.29, 1.82) is 0 Å². The first-order valence-electron chi connectivity index (χ1n) is 10.1. The fraction of sp³-hybridized carbons (Fsp3) is 0.217. The van der Waals surface area contributed by atoms with Crippen LogP contribution in [0.1, 0.15) is 16.9 Å². The summed E-state index contributed by atoms with van der Waals surface area (Å²) in [6, 6.07) is 16.6. The molecule has 3 rings (SSSR count). The smallest absolute Gasteiger partial charge is 0.241 e. The van der Waals surface area contributed by atoms with Gasteiger partial charge in [0.15, 0.2) is 0 Å². The molecule has 0 saturated carbocycles. The molecule has 0 aliphatic heterocycles. The summed E-state index contributed by atoms with van der Waals surface area (Å²) in [5.74, 6) is -0.426. The second-order valence-electron chi connectivity index (χ2n) is 7.33. The van der Waals surface area contributed by atoms with Gasteiger partial charge in [-0.1, -0.05) is 47.5 Å². The van der Waals surface area contributed by atoms with E-state index in [9.17, 15) is 18.0 Å². The van der Waals surface area contributed by atoms with E-state index in [0.29, 0.717) is 16.3 Å². The number of benzene rings is 2. The van der Waals surface area contributed by atoms with E-state index in [-0.39, 0.29) is 24.5 Å². The van der Waals surface area contributed by atoms with Gasteiger partial charge in [-0.2, -0.15) is 0 Å². The van der Waals surface area contributed by atoms with Gasteiger partial charge in [0.05, 0.1) is 30.8 Å². The number of carbonyl (C=O) groups excluding carboxylic acids is 2. The van der Waals surface area contributed by atoms with Crippen molar-refractivity contribution in [3.05, 3.63) is 88.8 Å². The summed E-state index contributed by atoms with van der Waals surface area (Å²) in [7, 11) is -3.89. The largest absolute Gasteiger partial charge is 0.467 e. The van der Waals surface area contributed by atoms with Gasteiger partial charge in [-0.05, 0) is 42.8 Å². The third-order valence-electron chi connectivity index (χ3n) is 4.79. The quantitative estimate of drug-likeness (QED) is 0.455. The molecule has 0 spiro atoms. The first-order valence-corrected chi connectivity index (χ1v) is 12.0. The SMILES string of the molecule is Cc1ccc(S(=O)(=O)NCC(=O)N(CC(=O)NCc2ccco2)Cc2ccccc2Cl)cc1. The Kier molecular flexibility index (Phi) is 8.26. The summed E-state index contributed by atoms with van der Waals surface area (Å²) < 4.78 is 32.6. The Morgan fingerprint density at radius 3 is 2.42 bits per heavy atom. The molecule has 0 unspecified atom stereocenters. The van der Waals surface area contributed by atoms with Crippen molar-refractivity contribution in [3.63, 3.8) is 0 Å². The Balaban J connectivity index is 1.68. The average Bonchev–Trinajstić information content (AvgIpc) is 3.31. The Bertz CT molecular complexity index is 1200. The molecule has 2 amide bonds. The van der Waals surface area contributed by atoms with E-state index in [2.05, 4.69) is 10.0 Å². The number of nitrogens with one attached hydrogen (secondary N) is 2. The van der Waals surface area contributed by atoms with E-state index >= 15 is 0 Å². The van der Waals surface area contributed by atoms with Crippen molar-refractivity contribution in [2.24, 2.45) is 0 Å². The monoisotopic (exact) mass is 489 g/mol. The van der Waals surface area contributed by atoms with E-state index in [4.69, 9.17) is 16.0 Å². The highest BCUT2D eigenvalue weighted by Gasteiger charge is 2.22. The standard InChI is InChI=1S/C23H24ClN3O5S/c1-17-8-10-20(11-9-17)33(30,31)26-14-23(29)27(15-18-5-2-3-7-21(18)24)16-22(28)25-13-19-6-4-12-32-19/h2-12,26H,13-16H2,1H3,(H,25,28). The second kappa shape index (κ2) is 11.1. The predicted molar refractivity (Wildman–Crippen MR) is 124 cm³/mol. The Labute approximate surface area is 197 Å². The van der Waals surface area contributed by atoms with Crippen LogP contribution in [-0.4, -0.2) is 38.2 Å². The average molecular weight is 490 g/mol. The van der Waals surface area contributed by atoms with Crippen LogP contribution in [0.25, 0.3) is 0 Å². The Morgan fingerprint density at radius 1 is 1.03 bits per heavy atom. The van der Waals surface area contributed by atoms with Crippen LogP contribution >= 0.6 is 11.6 Å². The van der Waals surface area contributed by atoms with Crippen LogP contribution in [0, 0.1) is 6.92 Å². The summed E-state index contributed by atoms with van der Waals surface area (Å²) in [6.45, 7) is 1.26. The molecule has 0 saturated heterocycles. The lowest BCUT2D eigenvalue weighted by atomic mass is 10.2. The molecule has 3 aromatic rings. The number of rotatable bonds is 10. The summed E-state index contributed by atoms with van der Waals surface area (Å²) in [5.41, 5.74) is 1.55. The van der Waals surface area contributed by atoms with Crippen LogP contribution < -0.4 is 10.0 Å². The summed E-state index contributed by atoms with van der Waals surface area (Å²) in [5, 5.41) is 3.11. The van der Waals surface area contributed by atoms with Gasteiger partial charge < -0.3 is 14.6 Å². The molecule has 33 heavy (non-hydrogen) atoms. The molecular weight excluding hydrogens is 466 g/mol. The molecule has 0 atom stereocenters.